The highest BCUT2D eigenvalue weighted by molar-refractivity contribution is 9.10. The van der Waals surface area contributed by atoms with Crippen molar-refractivity contribution in [1.29, 1.82) is 0 Å². The first-order chi connectivity index (χ1) is 7.20. The Balaban J connectivity index is 2.19. The van der Waals surface area contributed by atoms with Crippen molar-refractivity contribution in [2.45, 2.75) is 6.42 Å². The van der Waals surface area contributed by atoms with Crippen LogP contribution < -0.4 is 4.90 Å². The topological polar surface area (TPSA) is 23.5 Å². The normalized spacial score (nSPS) is 21.0. The van der Waals surface area contributed by atoms with E-state index in [1.54, 1.807) is 0 Å². The molecule has 1 fully saturated rings. The van der Waals surface area contributed by atoms with Crippen LogP contribution in [0.2, 0.25) is 5.02 Å². The van der Waals surface area contributed by atoms with Crippen molar-refractivity contribution in [1.82, 2.24) is 0 Å². The van der Waals surface area contributed by atoms with Crippen LogP contribution in [0, 0.1) is 5.92 Å². The maximum atomic E-state index is 9.09. The van der Waals surface area contributed by atoms with E-state index in [9.17, 15) is 0 Å². The molecular formula is C11H13BrClNO. The molecule has 4 heteroatoms. The van der Waals surface area contributed by atoms with Gasteiger partial charge in [0.2, 0.25) is 0 Å². The fraction of sp³-hybridized carbons (Fsp3) is 0.455. The molecule has 15 heavy (non-hydrogen) atoms. The maximum Gasteiger partial charge on any atom is 0.0525 e. The number of anilines is 1. The lowest BCUT2D eigenvalue weighted by Crippen LogP contribution is -2.20. The van der Waals surface area contributed by atoms with Crippen molar-refractivity contribution in [2.75, 3.05) is 24.6 Å². The van der Waals surface area contributed by atoms with Crippen LogP contribution in [0.15, 0.2) is 22.7 Å². The Morgan fingerprint density at radius 3 is 3.00 bits per heavy atom. The molecule has 1 N–H and O–H groups in total. The van der Waals surface area contributed by atoms with Gasteiger partial charge in [-0.05, 0) is 40.5 Å². The van der Waals surface area contributed by atoms with Gasteiger partial charge in [-0.3, -0.25) is 0 Å². The van der Waals surface area contributed by atoms with Gasteiger partial charge in [-0.2, -0.15) is 0 Å². The van der Waals surface area contributed by atoms with Crippen LogP contribution in [0.4, 0.5) is 5.69 Å². The van der Waals surface area contributed by atoms with E-state index in [-0.39, 0.29) is 6.61 Å². The van der Waals surface area contributed by atoms with Gasteiger partial charge in [0.25, 0.3) is 0 Å². The average Bonchev–Trinajstić information content (AvgIpc) is 2.70. The summed E-state index contributed by atoms with van der Waals surface area (Å²) in [6, 6.07) is 5.80. The molecule has 1 atom stereocenters. The van der Waals surface area contributed by atoms with Crippen LogP contribution in [0.25, 0.3) is 0 Å². The lowest BCUT2D eigenvalue weighted by molar-refractivity contribution is 0.238. The lowest BCUT2D eigenvalue weighted by atomic mass is 10.1. The highest BCUT2D eigenvalue weighted by atomic mass is 79.9. The fourth-order valence-electron chi connectivity index (χ4n) is 1.93. The SMILES string of the molecule is OCC1CCN(c2cc(Cl)ccc2Br)C1. The Morgan fingerprint density at radius 2 is 2.33 bits per heavy atom. The molecule has 1 saturated heterocycles. The van der Waals surface area contributed by atoms with Crippen LogP contribution in [0.5, 0.6) is 0 Å². The number of aliphatic hydroxyl groups is 1. The Hall–Kier alpha value is -0.250. The Bertz CT molecular complexity index is 358. The third kappa shape index (κ3) is 2.47. The van der Waals surface area contributed by atoms with Gasteiger partial charge >= 0.3 is 0 Å². The van der Waals surface area contributed by atoms with Crippen LogP contribution >= 0.6 is 27.5 Å². The zero-order valence-corrected chi connectivity index (χ0v) is 10.6. The summed E-state index contributed by atoms with van der Waals surface area (Å²) in [5.74, 6) is 0.399. The first kappa shape index (κ1) is 11.2. The molecular weight excluding hydrogens is 277 g/mol. The van der Waals surface area contributed by atoms with Crippen molar-refractivity contribution in [2.24, 2.45) is 5.92 Å². The monoisotopic (exact) mass is 289 g/mol. The second kappa shape index (κ2) is 4.73. The predicted octanol–water partition coefficient (Wildman–Crippen LogP) is 2.92. The molecule has 0 spiro atoms. The number of aliphatic hydroxyl groups excluding tert-OH is 1. The first-order valence-corrected chi connectivity index (χ1v) is 6.18. The zero-order chi connectivity index (χ0) is 10.8. The minimum Gasteiger partial charge on any atom is -0.396 e. The minimum atomic E-state index is 0.273. The van der Waals surface area contributed by atoms with E-state index in [0.717, 1.165) is 34.7 Å². The van der Waals surface area contributed by atoms with Crippen molar-refractivity contribution in [3.05, 3.63) is 27.7 Å². The molecule has 2 nitrogen and oxygen atoms in total. The molecule has 0 saturated carbocycles. The first-order valence-electron chi connectivity index (χ1n) is 5.01. The van der Waals surface area contributed by atoms with E-state index >= 15 is 0 Å². The molecule has 1 aromatic rings. The number of hydrogen-bond acceptors (Lipinski definition) is 2. The van der Waals surface area contributed by atoms with E-state index in [1.807, 2.05) is 18.2 Å². The molecule has 1 unspecified atom stereocenters. The van der Waals surface area contributed by atoms with Crippen molar-refractivity contribution in [3.8, 4) is 0 Å². The van der Waals surface area contributed by atoms with Crippen molar-refractivity contribution in [3.63, 3.8) is 0 Å². The smallest absolute Gasteiger partial charge is 0.0525 e. The Labute approximate surface area is 103 Å². The number of hydrogen-bond donors (Lipinski definition) is 1. The summed E-state index contributed by atoms with van der Waals surface area (Å²) in [6.45, 7) is 2.17. The zero-order valence-electron chi connectivity index (χ0n) is 8.29. The molecule has 0 radical (unpaired) electrons. The highest BCUT2D eigenvalue weighted by Crippen LogP contribution is 2.32. The van der Waals surface area contributed by atoms with Crippen LogP contribution in [0.1, 0.15) is 6.42 Å². The molecule has 0 amide bonds. The van der Waals surface area contributed by atoms with Gasteiger partial charge in [-0.25, -0.2) is 0 Å². The average molecular weight is 291 g/mol. The summed E-state index contributed by atoms with van der Waals surface area (Å²) in [7, 11) is 0. The van der Waals surface area contributed by atoms with E-state index < -0.39 is 0 Å². The van der Waals surface area contributed by atoms with E-state index in [2.05, 4.69) is 20.8 Å². The van der Waals surface area contributed by atoms with Crippen LogP contribution in [-0.2, 0) is 0 Å². The minimum absolute atomic E-state index is 0.273. The summed E-state index contributed by atoms with van der Waals surface area (Å²) in [5.41, 5.74) is 1.12. The second-order valence-corrected chi connectivity index (χ2v) is 5.17. The number of rotatable bonds is 2. The summed E-state index contributed by atoms with van der Waals surface area (Å²) < 4.78 is 1.06. The summed E-state index contributed by atoms with van der Waals surface area (Å²) in [6.07, 6.45) is 1.05. The number of nitrogens with zero attached hydrogens (tertiary/aromatic N) is 1. The van der Waals surface area contributed by atoms with Gasteiger partial charge in [0.15, 0.2) is 0 Å². The third-order valence-corrected chi connectivity index (χ3v) is 3.70. The van der Waals surface area contributed by atoms with E-state index in [1.165, 1.54) is 0 Å². The molecule has 0 bridgehead atoms. The molecule has 1 aliphatic rings. The Morgan fingerprint density at radius 1 is 1.53 bits per heavy atom. The second-order valence-electron chi connectivity index (χ2n) is 3.88. The van der Waals surface area contributed by atoms with Gasteiger partial charge < -0.3 is 10.0 Å². The predicted molar refractivity (Wildman–Crippen MR) is 66.6 cm³/mol. The van der Waals surface area contributed by atoms with Crippen molar-refractivity contribution >= 4 is 33.2 Å². The fourth-order valence-corrected chi connectivity index (χ4v) is 2.59. The standard InChI is InChI=1S/C11H13BrClNO/c12-10-2-1-9(13)5-11(10)14-4-3-8(6-14)7-15/h1-2,5,8,15H,3-4,6-7H2. The maximum absolute atomic E-state index is 9.09. The molecule has 82 valence electrons. The van der Waals surface area contributed by atoms with Crippen LogP contribution in [-0.4, -0.2) is 24.8 Å². The largest absolute Gasteiger partial charge is 0.396 e. The summed E-state index contributed by atoms with van der Waals surface area (Å²) in [5, 5.41) is 9.84. The quantitative estimate of drug-likeness (QED) is 0.905. The van der Waals surface area contributed by atoms with Gasteiger partial charge in [0.05, 0.1) is 5.69 Å². The molecule has 1 heterocycles. The number of benzene rings is 1. The summed E-state index contributed by atoms with van der Waals surface area (Å²) in [4.78, 5) is 2.26. The van der Waals surface area contributed by atoms with Crippen molar-refractivity contribution < 1.29 is 5.11 Å². The molecule has 1 aromatic carbocycles. The van der Waals surface area contributed by atoms with Gasteiger partial charge in [0.1, 0.15) is 0 Å². The molecule has 0 aliphatic carbocycles. The third-order valence-electron chi connectivity index (χ3n) is 2.79. The Kier molecular flexibility index (Phi) is 3.54. The van der Waals surface area contributed by atoms with Gasteiger partial charge in [0, 0.05) is 35.1 Å². The molecule has 2 rings (SSSR count). The van der Waals surface area contributed by atoms with Gasteiger partial charge in [-0.15, -0.1) is 0 Å². The van der Waals surface area contributed by atoms with E-state index in [4.69, 9.17) is 16.7 Å². The van der Waals surface area contributed by atoms with E-state index in [0.29, 0.717) is 5.92 Å². The van der Waals surface area contributed by atoms with Crippen LogP contribution in [0.3, 0.4) is 0 Å². The summed E-state index contributed by atoms with van der Waals surface area (Å²) >= 11 is 9.49. The highest BCUT2D eigenvalue weighted by Gasteiger charge is 2.23. The molecule has 0 aromatic heterocycles. The molecule has 1 aliphatic heterocycles. The van der Waals surface area contributed by atoms with Gasteiger partial charge in [-0.1, -0.05) is 11.6 Å². The number of halogens is 2. The lowest BCUT2D eigenvalue weighted by Gasteiger charge is -2.20.